The summed E-state index contributed by atoms with van der Waals surface area (Å²) in [5, 5.41) is 2.43. The summed E-state index contributed by atoms with van der Waals surface area (Å²) >= 11 is 0. The van der Waals surface area contributed by atoms with E-state index in [9.17, 15) is 13.6 Å². The number of hydrogen-bond donors (Lipinski definition) is 1. The van der Waals surface area contributed by atoms with Crippen molar-refractivity contribution in [3.05, 3.63) is 53.2 Å². The minimum absolute atomic E-state index is 0.138. The molecule has 0 saturated heterocycles. The standard InChI is InChI=1S/C13H12F2N2O2/c1-7-6-16-13(19-7)12(18)17-8(2)11-9(14)4-3-5-10(11)15/h3-6,8H,1-2H3,(H,17,18). The van der Waals surface area contributed by atoms with Crippen molar-refractivity contribution < 1.29 is 18.0 Å². The van der Waals surface area contributed by atoms with E-state index in [1.807, 2.05) is 0 Å². The number of rotatable bonds is 3. The molecule has 0 bridgehead atoms. The van der Waals surface area contributed by atoms with Gasteiger partial charge in [-0.05, 0) is 26.0 Å². The van der Waals surface area contributed by atoms with Crippen LogP contribution in [0.15, 0.2) is 28.8 Å². The van der Waals surface area contributed by atoms with Crippen LogP contribution in [0.25, 0.3) is 0 Å². The van der Waals surface area contributed by atoms with Gasteiger partial charge in [0.05, 0.1) is 12.2 Å². The number of benzene rings is 1. The largest absolute Gasteiger partial charge is 0.438 e. The lowest BCUT2D eigenvalue weighted by molar-refractivity contribution is 0.0902. The number of carbonyl (C=O) groups is 1. The highest BCUT2D eigenvalue weighted by Gasteiger charge is 2.20. The summed E-state index contributed by atoms with van der Waals surface area (Å²) < 4.78 is 32.1. The lowest BCUT2D eigenvalue weighted by Gasteiger charge is -2.14. The third-order valence-electron chi connectivity index (χ3n) is 2.60. The maximum Gasteiger partial charge on any atom is 0.307 e. The number of oxazole rings is 1. The van der Waals surface area contributed by atoms with E-state index in [0.29, 0.717) is 5.76 Å². The molecule has 1 aromatic heterocycles. The average molecular weight is 266 g/mol. The van der Waals surface area contributed by atoms with E-state index < -0.39 is 23.6 Å². The van der Waals surface area contributed by atoms with E-state index in [-0.39, 0.29) is 11.5 Å². The summed E-state index contributed by atoms with van der Waals surface area (Å²) in [4.78, 5) is 15.5. The summed E-state index contributed by atoms with van der Waals surface area (Å²) in [6, 6.07) is 2.70. The highest BCUT2D eigenvalue weighted by atomic mass is 19.1. The van der Waals surface area contributed by atoms with Crippen LogP contribution in [-0.4, -0.2) is 10.9 Å². The molecule has 0 aliphatic heterocycles. The molecule has 1 unspecified atom stereocenters. The second-order valence-electron chi connectivity index (χ2n) is 4.11. The summed E-state index contributed by atoms with van der Waals surface area (Å²) in [6.45, 7) is 3.12. The van der Waals surface area contributed by atoms with Gasteiger partial charge in [-0.1, -0.05) is 6.07 Å². The van der Waals surface area contributed by atoms with Crippen molar-refractivity contribution in [1.82, 2.24) is 10.3 Å². The number of aryl methyl sites for hydroxylation is 1. The number of aromatic nitrogens is 1. The monoisotopic (exact) mass is 266 g/mol. The third-order valence-corrected chi connectivity index (χ3v) is 2.60. The van der Waals surface area contributed by atoms with Crippen molar-refractivity contribution in [3.8, 4) is 0 Å². The zero-order valence-electron chi connectivity index (χ0n) is 10.4. The molecule has 1 N–H and O–H groups in total. The first-order chi connectivity index (χ1) is 8.99. The molecular formula is C13H12F2N2O2. The Balaban J connectivity index is 2.17. The van der Waals surface area contributed by atoms with E-state index in [2.05, 4.69) is 10.3 Å². The predicted molar refractivity (Wildman–Crippen MR) is 63.5 cm³/mol. The zero-order chi connectivity index (χ0) is 14.0. The van der Waals surface area contributed by atoms with Gasteiger partial charge in [-0.15, -0.1) is 0 Å². The molecule has 100 valence electrons. The Morgan fingerprint density at radius 1 is 1.37 bits per heavy atom. The minimum Gasteiger partial charge on any atom is -0.438 e. The minimum atomic E-state index is -0.832. The van der Waals surface area contributed by atoms with E-state index in [4.69, 9.17) is 4.42 Å². The van der Waals surface area contributed by atoms with Crippen LogP contribution in [0.3, 0.4) is 0 Å². The number of nitrogens with one attached hydrogen (secondary N) is 1. The maximum absolute atomic E-state index is 13.5. The Kier molecular flexibility index (Phi) is 3.59. The number of nitrogens with zero attached hydrogens (tertiary/aromatic N) is 1. The highest BCUT2D eigenvalue weighted by Crippen LogP contribution is 2.20. The van der Waals surface area contributed by atoms with Crippen molar-refractivity contribution in [3.63, 3.8) is 0 Å². The van der Waals surface area contributed by atoms with Gasteiger partial charge < -0.3 is 9.73 Å². The molecule has 0 aliphatic carbocycles. The van der Waals surface area contributed by atoms with E-state index in [0.717, 1.165) is 12.1 Å². The summed E-state index contributed by atoms with van der Waals surface area (Å²) in [6.07, 6.45) is 1.39. The first-order valence-corrected chi connectivity index (χ1v) is 5.66. The second-order valence-corrected chi connectivity index (χ2v) is 4.11. The Bertz CT molecular complexity index is 590. The van der Waals surface area contributed by atoms with E-state index in [1.54, 1.807) is 6.92 Å². The first kappa shape index (κ1) is 13.2. The van der Waals surface area contributed by atoms with Crippen molar-refractivity contribution in [2.24, 2.45) is 0 Å². The second kappa shape index (κ2) is 5.17. The normalized spacial score (nSPS) is 12.2. The molecule has 0 saturated carbocycles. The van der Waals surface area contributed by atoms with Gasteiger partial charge in [-0.25, -0.2) is 13.8 Å². The molecule has 6 heteroatoms. The Labute approximate surface area is 108 Å². The number of carbonyl (C=O) groups excluding carboxylic acids is 1. The van der Waals surface area contributed by atoms with Gasteiger partial charge in [0, 0.05) is 5.56 Å². The molecule has 1 heterocycles. The molecule has 0 radical (unpaired) electrons. The highest BCUT2D eigenvalue weighted by molar-refractivity contribution is 5.89. The maximum atomic E-state index is 13.5. The molecule has 1 amide bonds. The molecular weight excluding hydrogens is 254 g/mol. The molecule has 0 spiro atoms. The molecule has 2 aromatic rings. The SMILES string of the molecule is Cc1cnc(C(=O)NC(C)c2c(F)cccc2F)o1. The quantitative estimate of drug-likeness (QED) is 0.929. The molecule has 0 aliphatic rings. The van der Waals surface area contributed by atoms with Crippen molar-refractivity contribution in [2.75, 3.05) is 0 Å². The average Bonchev–Trinajstić information content (AvgIpc) is 2.75. The lowest BCUT2D eigenvalue weighted by Crippen LogP contribution is -2.28. The van der Waals surface area contributed by atoms with E-state index in [1.165, 1.54) is 19.2 Å². The van der Waals surface area contributed by atoms with Crippen molar-refractivity contribution in [1.29, 1.82) is 0 Å². The van der Waals surface area contributed by atoms with Crippen LogP contribution >= 0.6 is 0 Å². The Morgan fingerprint density at radius 2 is 2.00 bits per heavy atom. The number of halogens is 2. The summed E-state index contributed by atoms with van der Waals surface area (Å²) in [5.74, 6) is -1.70. The van der Waals surface area contributed by atoms with Gasteiger partial charge in [0.1, 0.15) is 17.4 Å². The fourth-order valence-corrected chi connectivity index (χ4v) is 1.71. The predicted octanol–water partition coefficient (Wildman–Crippen LogP) is 2.75. The molecule has 1 aromatic carbocycles. The third kappa shape index (κ3) is 2.78. The van der Waals surface area contributed by atoms with Crippen LogP contribution in [0.4, 0.5) is 8.78 Å². The van der Waals surface area contributed by atoms with Crippen LogP contribution in [0.5, 0.6) is 0 Å². The van der Waals surface area contributed by atoms with Gasteiger partial charge in [0.15, 0.2) is 0 Å². The molecule has 1 atom stereocenters. The van der Waals surface area contributed by atoms with Gasteiger partial charge in [0.25, 0.3) is 5.89 Å². The van der Waals surface area contributed by atoms with Crippen LogP contribution in [-0.2, 0) is 0 Å². The van der Waals surface area contributed by atoms with Crippen molar-refractivity contribution >= 4 is 5.91 Å². The lowest BCUT2D eigenvalue weighted by atomic mass is 10.1. The fourth-order valence-electron chi connectivity index (χ4n) is 1.71. The molecule has 2 rings (SSSR count). The molecule has 19 heavy (non-hydrogen) atoms. The van der Waals surface area contributed by atoms with Gasteiger partial charge in [-0.3, -0.25) is 4.79 Å². The van der Waals surface area contributed by atoms with Crippen molar-refractivity contribution in [2.45, 2.75) is 19.9 Å². The van der Waals surface area contributed by atoms with Crippen LogP contribution in [0.2, 0.25) is 0 Å². The molecule has 0 fully saturated rings. The zero-order valence-corrected chi connectivity index (χ0v) is 10.4. The Morgan fingerprint density at radius 3 is 2.53 bits per heavy atom. The van der Waals surface area contributed by atoms with E-state index >= 15 is 0 Å². The summed E-state index contributed by atoms with van der Waals surface area (Å²) in [7, 11) is 0. The Hall–Kier alpha value is -2.24. The van der Waals surface area contributed by atoms with Crippen LogP contribution in [0, 0.1) is 18.6 Å². The fraction of sp³-hybridized carbons (Fsp3) is 0.231. The van der Waals surface area contributed by atoms with Gasteiger partial charge >= 0.3 is 5.91 Å². The van der Waals surface area contributed by atoms with Crippen LogP contribution in [0.1, 0.15) is 35.0 Å². The summed E-state index contributed by atoms with van der Waals surface area (Å²) in [5.41, 5.74) is -0.195. The first-order valence-electron chi connectivity index (χ1n) is 5.66. The number of hydrogen-bond acceptors (Lipinski definition) is 3. The smallest absolute Gasteiger partial charge is 0.307 e. The molecule has 4 nitrogen and oxygen atoms in total. The van der Waals surface area contributed by atoms with Crippen LogP contribution < -0.4 is 5.32 Å². The van der Waals surface area contributed by atoms with Gasteiger partial charge in [-0.2, -0.15) is 0 Å². The topological polar surface area (TPSA) is 55.1 Å². The van der Waals surface area contributed by atoms with Gasteiger partial charge in [0.2, 0.25) is 0 Å². The number of amides is 1.